The Bertz CT molecular complexity index is 674. The molecule has 0 bridgehead atoms. The van der Waals surface area contributed by atoms with E-state index in [-0.39, 0.29) is 5.91 Å². The van der Waals surface area contributed by atoms with Crippen molar-refractivity contribution in [1.82, 2.24) is 4.98 Å². The van der Waals surface area contributed by atoms with Crippen LogP contribution < -0.4 is 19.5 Å². The molecule has 6 nitrogen and oxygen atoms in total. The molecule has 0 saturated carbocycles. The lowest BCUT2D eigenvalue weighted by molar-refractivity contribution is -0.111. The fourth-order valence-electron chi connectivity index (χ4n) is 1.97. The van der Waals surface area contributed by atoms with Crippen LogP contribution in [-0.2, 0) is 4.79 Å². The van der Waals surface area contributed by atoms with Crippen LogP contribution in [0.25, 0.3) is 6.08 Å². The molecule has 0 aliphatic rings. The Morgan fingerprint density at radius 2 is 1.78 bits per heavy atom. The van der Waals surface area contributed by atoms with Gasteiger partial charge in [-0.2, -0.15) is 0 Å². The highest BCUT2D eigenvalue weighted by Gasteiger charge is 2.12. The van der Waals surface area contributed by atoms with Gasteiger partial charge in [0, 0.05) is 12.3 Å². The third-order valence-electron chi connectivity index (χ3n) is 3.03. The fourth-order valence-corrected chi connectivity index (χ4v) is 1.97. The molecule has 0 atom stereocenters. The first-order chi connectivity index (χ1) is 11.2. The minimum atomic E-state index is -0.280. The van der Waals surface area contributed by atoms with E-state index in [4.69, 9.17) is 14.2 Å². The van der Waals surface area contributed by atoms with Gasteiger partial charge in [0.25, 0.3) is 0 Å². The number of hydrogen-bond donors (Lipinski definition) is 1. The second kappa shape index (κ2) is 7.84. The third-order valence-corrected chi connectivity index (χ3v) is 3.03. The van der Waals surface area contributed by atoms with Crippen LogP contribution >= 0.6 is 0 Å². The van der Waals surface area contributed by atoms with Crippen LogP contribution in [0.3, 0.4) is 0 Å². The van der Waals surface area contributed by atoms with Crippen molar-refractivity contribution in [2.45, 2.75) is 0 Å². The monoisotopic (exact) mass is 314 g/mol. The topological polar surface area (TPSA) is 69.7 Å². The van der Waals surface area contributed by atoms with Crippen molar-refractivity contribution in [3.63, 3.8) is 0 Å². The standard InChI is InChI=1S/C17H18N2O4/c1-21-13-10-12(11-14(22-2)17(13)23-3)7-8-16(20)19-15-6-4-5-9-18-15/h4-11H,1-3H3,(H,18,19,20). The average Bonchev–Trinajstić information content (AvgIpc) is 2.59. The Morgan fingerprint density at radius 3 is 2.30 bits per heavy atom. The summed E-state index contributed by atoms with van der Waals surface area (Å²) in [5.41, 5.74) is 0.746. The van der Waals surface area contributed by atoms with Crippen molar-refractivity contribution in [2.24, 2.45) is 0 Å². The maximum absolute atomic E-state index is 11.9. The molecular weight excluding hydrogens is 296 g/mol. The molecule has 1 aromatic heterocycles. The predicted octanol–water partition coefficient (Wildman–Crippen LogP) is 2.76. The van der Waals surface area contributed by atoms with Gasteiger partial charge >= 0.3 is 0 Å². The number of pyridine rings is 1. The number of nitrogens with zero attached hydrogens (tertiary/aromatic N) is 1. The van der Waals surface area contributed by atoms with Crippen molar-refractivity contribution in [2.75, 3.05) is 26.6 Å². The molecule has 0 aliphatic heterocycles. The van der Waals surface area contributed by atoms with Crippen LogP contribution in [-0.4, -0.2) is 32.2 Å². The van der Waals surface area contributed by atoms with Crippen LogP contribution in [0.2, 0.25) is 0 Å². The molecule has 0 spiro atoms. The first-order valence-electron chi connectivity index (χ1n) is 6.88. The van der Waals surface area contributed by atoms with Crippen LogP contribution in [0.5, 0.6) is 17.2 Å². The van der Waals surface area contributed by atoms with Gasteiger partial charge in [0.1, 0.15) is 5.82 Å². The number of rotatable bonds is 6. The highest BCUT2D eigenvalue weighted by Crippen LogP contribution is 2.38. The number of hydrogen-bond acceptors (Lipinski definition) is 5. The number of amides is 1. The van der Waals surface area contributed by atoms with E-state index in [1.807, 2.05) is 0 Å². The van der Waals surface area contributed by atoms with Crippen LogP contribution in [0.15, 0.2) is 42.6 Å². The number of aromatic nitrogens is 1. The Hall–Kier alpha value is -3.02. The first-order valence-corrected chi connectivity index (χ1v) is 6.88. The summed E-state index contributed by atoms with van der Waals surface area (Å²) in [5.74, 6) is 1.77. The Morgan fingerprint density at radius 1 is 1.09 bits per heavy atom. The number of nitrogens with one attached hydrogen (secondary N) is 1. The van der Waals surface area contributed by atoms with Gasteiger partial charge in [-0.1, -0.05) is 6.07 Å². The van der Waals surface area contributed by atoms with Crippen molar-refractivity contribution >= 4 is 17.8 Å². The molecule has 0 fully saturated rings. The minimum Gasteiger partial charge on any atom is -0.493 e. The summed E-state index contributed by atoms with van der Waals surface area (Å²) in [6.45, 7) is 0. The largest absolute Gasteiger partial charge is 0.493 e. The summed E-state index contributed by atoms with van der Waals surface area (Å²) in [6, 6.07) is 8.80. The number of carbonyl (C=O) groups excluding carboxylic acids is 1. The summed E-state index contributed by atoms with van der Waals surface area (Å²) in [4.78, 5) is 15.9. The highest BCUT2D eigenvalue weighted by molar-refractivity contribution is 6.01. The van der Waals surface area contributed by atoms with Gasteiger partial charge in [0.15, 0.2) is 11.5 Å². The van der Waals surface area contributed by atoms with Crippen LogP contribution in [0.1, 0.15) is 5.56 Å². The number of ether oxygens (including phenoxy) is 3. The first kappa shape index (κ1) is 16.4. The molecule has 2 aromatic rings. The van der Waals surface area contributed by atoms with Crippen molar-refractivity contribution < 1.29 is 19.0 Å². The fraction of sp³-hybridized carbons (Fsp3) is 0.176. The molecule has 120 valence electrons. The lowest BCUT2D eigenvalue weighted by Crippen LogP contribution is -2.08. The summed E-state index contributed by atoms with van der Waals surface area (Å²) in [5, 5.41) is 2.67. The van der Waals surface area contributed by atoms with Gasteiger partial charge in [-0.25, -0.2) is 4.98 Å². The Kier molecular flexibility index (Phi) is 5.57. The second-order valence-electron chi connectivity index (χ2n) is 4.50. The number of carbonyl (C=O) groups is 1. The summed E-state index contributed by atoms with van der Waals surface area (Å²) >= 11 is 0. The number of benzene rings is 1. The average molecular weight is 314 g/mol. The molecule has 6 heteroatoms. The molecule has 0 saturated heterocycles. The number of anilines is 1. The third kappa shape index (κ3) is 4.23. The van der Waals surface area contributed by atoms with Gasteiger partial charge < -0.3 is 19.5 Å². The van der Waals surface area contributed by atoms with Crippen molar-refractivity contribution in [3.05, 3.63) is 48.2 Å². The van der Waals surface area contributed by atoms with E-state index in [1.54, 1.807) is 56.8 Å². The van der Waals surface area contributed by atoms with Crippen molar-refractivity contribution in [3.8, 4) is 17.2 Å². The zero-order valence-electron chi connectivity index (χ0n) is 13.2. The maximum Gasteiger partial charge on any atom is 0.249 e. The summed E-state index contributed by atoms with van der Waals surface area (Å²) < 4.78 is 15.8. The van der Waals surface area contributed by atoms with E-state index in [9.17, 15) is 4.79 Å². The van der Waals surface area contributed by atoms with E-state index in [1.165, 1.54) is 13.2 Å². The Labute approximate surface area is 134 Å². The lowest BCUT2D eigenvalue weighted by Gasteiger charge is -2.12. The second-order valence-corrected chi connectivity index (χ2v) is 4.50. The minimum absolute atomic E-state index is 0.280. The van der Waals surface area contributed by atoms with E-state index >= 15 is 0 Å². The normalized spacial score (nSPS) is 10.4. The predicted molar refractivity (Wildman–Crippen MR) is 88.0 cm³/mol. The Balaban J connectivity index is 2.17. The molecule has 1 N–H and O–H groups in total. The molecule has 0 unspecified atom stereocenters. The number of methoxy groups -OCH3 is 3. The molecule has 1 heterocycles. The molecule has 2 rings (SSSR count). The van der Waals surface area contributed by atoms with Crippen LogP contribution in [0.4, 0.5) is 5.82 Å². The van der Waals surface area contributed by atoms with Gasteiger partial charge in [-0.05, 0) is 35.9 Å². The molecule has 0 radical (unpaired) electrons. The van der Waals surface area contributed by atoms with E-state index in [0.717, 1.165) is 5.56 Å². The smallest absolute Gasteiger partial charge is 0.249 e. The molecule has 1 amide bonds. The SMILES string of the molecule is COc1cc(C=CC(=O)Nc2ccccn2)cc(OC)c1OC. The van der Waals surface area contributed by atoms with E-state index < -0.39 is 0 Å². The lowest BCUT2D eigenvalue weighted by atomic mass is 10.1. The maximum atomic E-state index is 11.9. The summed E-state index contributed by atoms with van der Waals surface area (Å²) in [6.07, 6.45) is 4.68. The zero-order chi connectivity index (χ0) is 16.7. The van der Waals surface area contributed by atoms with Gasteiger partial charge in [0.2, 0.25) is 11.7 Å². The quantitative estimate of drug-likeness (QED) is 0.830. The molecule has 0 aliphatic carbocycles. The van der Waals surface area contributed by atoms with E-state index in [0.29, 0.717) is 23.1 Å². The van der Waals surface area contributed by atoms with Crippen LogP contribution in [0, 0.1) is 0 Å². The van der Waals surface area contributed by atoms with Gasteiger partial charge in [-0.3, -0.25) is 4.79 Å². The summed E-state index contributed by atoms with van der Waals surface area (Å²) in [7, 11) is 4.62. The molecular formula is C17H18N2O4. The zero-order valence-corrected chi connectivity index (χ0v) is 13.2. The molecule has 1 aromatic carbocycles. The highest BCUT2D eigenvalue weighted by atomic mass is 16.5. The van der Waals surface area contributed by atoms with Gasteiger partial charge in [-0.15, -0.1) is 0 Å². The van der Waals surface area contributed by atoms with E-state index in [2.05, 4.69) is 10.3 Å². The van der Waals surface area contributed by atoms with Crippen molar-refractivity contribution in [1.29, 1.82) is 0 Å². The molecule has 23 heavy (non-hydrogen) atoms. The van der Waals surface area contributed by atoms with Gasteiger partial charge in [0.05, 0.1) is 21.3 Å².